The number of amides is 2. The third-order valence-electron chi connectivity index (χ3n) is 7.08. The molecule has 2 heterocycles. The molecule has 4 aromatic rings. The fourth-order valence-corrected chi connectivity index (χ4v) is 4.67. The van der Waals surface area contributed by atoms with Crippen LogP contribution < -0.4 is 15.5 Å². The quantitative estimate of drug-likeness (QED) is 0.311. The van der Waals surface area contributed by atoms with Gasteiger partial charge in [0.05, 0.1) is 21.7 Å². The molecule has 1 aromatic heterocycles. The zero-order chi connectivity index (χ0) is 27.1. The molecule has 3 N–H and O–H groups in total. The molecule has 0 unspecified atom stereocenters. The molecule has 0 atom stereocenters. The molecule has 8 nitrogen and oxygen atoms in total. The van der Waals surface area contributed by atoms with Gasteiger partial charge in [-0.15, -0.1) is 0 Å². The molecule has 1 saturated heterocycles. The molecular formula is C29H25ClFN5O3. The van der Waals surface area contributed by atoms with Gasteiger partial charge in [-0.1, -0.05) is 29.8 Å². The summed E-state index contributed by atoms with van der Waals surface area (Å²) in [6.07, 6.45) is 1.95. The average Bonchev–Trinajstić information content (AvgIpc) is 3.65. The summed E-state index contributed by atoms with van der Waals surface area (Å²) in [6, 6.07) is 16.6. The van der Waals surface area contributed by atoms with Crippen molar-refractivity contribution >= 4 is 45.8 Å². The largest absolute Gasteiger partial charge is 0.380 e. The summed E-state index contributed by atoms with van der Waals surface area (Å²) in [5.74, 6) is -0.253. The fraction of sp³-hybridized carbons (Fsp3) is 0.241. The van der Waals surface area contributed by atoms with E-state index in [1.54, 1.807) is 48.5 Å². The summed E-state index contributed by atoms with van der Waals surface area (Å²) in [5, 5.41) is 16.6. The summed E-state index contributed by atoms with van der Waals surface area (Å²) in [6.45, 7) is 1.87. The fourth-order valence-electron chi connectivity index (χ4n) is 4.47. The predicted molar refractivity (Wildman–Crippen MR) is 147 cm³/mol. The number of anilines is 2. The van der Waals surface area contributed by atoms with Gasteiger partial charge >= 0.3 is 0 Å². The van der Waals surface area contributed by atoms with Crippen LogP contribution in [0.15, 0.2) is 60.7 Å². The van der Waals surface area contributed by atoms with Crippen molar-refractivity contribution in [2.24, 2.45) is 0 Å². The number of nitrogens with one attached hydrogen (secondary N) is 2. The monoisotopic (exact) mass is 545 g/mol. The molecule has 3 aromatic carbocycles. The Labute approximate surface area is 228 Å². The van der Waals surface area contributed by atoms with Gasteiger partial charge in [-0.3, -0.25) is 9.59 Å². The highest BCUT2D eigenvalue weighted by Gasteiger charge is 2.47. The van der Waals surface area contributed by atoms with Crippen LogP contribution in [0, 0.1) is 5.82 Å². The topological polar surface area (TPSA) is 107 Å². The Bertz CT molecular complexity index is 1620. The molecular weight excluding hydrogens is 521 g/mol. The maximum atomic E-state index is 14.6. The number of hydrogen-bond donors (Lipinski definition) is 3. The van der Waals surface area contributed by atoms with Crippen molar-refractivity contribution in [2.45, 2.75) is 31.4 Å². The Balaban J connectivity index is 1.27. The second kappa shape index (κ2) is 9.91. The van der Waals surface area contributed by atoms with E-state index in [1.807, 2.05) is 6.07 Å². The molecule has 2 amide bonds. The number of rotatable bonds is 7. The smallest absolute Gasteiger partial charge is 0.257 e. The van der Waals surface area contributed by atoms with Gasteiger partial charge in [0.25, 0.3) is 11.8 Å². The van der Waals surface area contributed by atoms with Crippen LogP contribution in [0.4, 0.5) is 15.9 Å². The normalized spacial score (nSPS) is 15.5. The number of fused-ring (bicyclic) bond motifs is 1. The van der Waals surface area contributed by atoms with Crippen LogP contribution in [0.5, 0.6) is 0 Å². The highest BCUT2D eigenvalue weighted by molar-refractivity contribution is 6.34. The highest BCUT2D eigenvalue weighted by atomic mass is 35.5. The lowest BCUT2D eigenvalue weighted by molar-refractivity contribution is -0.131. The van der Waals surface area contributed by atoms with Crippen molar-refractivity contribution in [2.75, 3.05) is 23.3 Å². The van der Waals surface area contributed by atoms with E-state index in [-0.39, 0.29) is 23.0 Å². The van der Waals surface area contributed by atoms with E-state index >= 15 is 0 Å². The lowest BCUT2D eigenvalue weighted by Gasteiger charge is -2.33. The average molecular weight is 546 g/mol. The van der Waals surface area contributed by atoms with E-state index < -0.39 is 23.2 Å². The molecule has 6 rings (SSSR count). The van der Waals surface area contributed by atoms with Crippen LogP contribution in [-0.2, 0) is 11.3 Å². The molecule has 39 heavy (non-hydrogen) atoms. The number of carbonyl (C=O) groups excluding carboxylic acids is 2. The summed E-state index contributed by atoms with van der Waals surface area (Å²) in [5.41, 5.74) is 1.01. The van der Waals surface area contributed by atoms with E-state index in [2.05, 4.69) is 25.5 Å². The number of nitrogens with zero attached hydrogens (tertiary/aromatic N) is 3. The zero-order valence-electron chi connectivity index (χ0n) is 20.9. The minimum atomic E-state index is -1.27. The first kappa shape index (κ1) is 25.2. The number of carbonyl (C=O) groups is 2. The van der Waals surface area contributed by atoms with E-state index in [4.69, 9.17) is 11.6 Å². The first-order valence-electron chi connectivity index (χ1n) is 12.7. The van der Waals surface area contributed by atoms with Crippen molar-refractivity contribution < 1.29 is 19.1 Å². The Kier molecular flexibility index (Phi) is 6.40. The Morgan fingerprint density at radius 1 is 1.05 bits per heavy atom. The third-order valence-corrected chi connectivity index (χ3v) is 7.41. The van der Waals surface area contributed by atoms with Crippen molar-refractivity contribution in [3.8, 4) is 11.4 Å². The van der Waals surface area contributed by atoms with E-state index in [0.29, 0.717) is 35.2 Å². The number of benzene rings is 3. The van der Waals surface area contributed by atoms with Crippen LogP contribution in [0.3, 0.4) is 0 Å². The number of aliphatic hydroxyl groups is 1. The molecule has 2 fully saturated rings. The molecule has 2 aliphatic rings. The highest BCUT2D eigenvalue weighted by Crippen LogP contribution is 2.35. The van der Waals surface area contributed by atoms with Crippen molar-refractivity contribution in [1.29, 1.82) is 0 Å². The second-order valence-corrected chi connectivity index (χ2v) is 10.3. The van der Waals surface area contributed by atoms with Gasteiger partial charge in [-0.05, 0) is 67.3 Å². The molecule has 0 spiro atoms. The summed E-state index contributed by atoms with van der Waals surface area (Å²) in [4.78, 5) is 36.7. The summed E-state index contributed by atoms with van der Waals surface area (Å²) in [7, 11) is 0. The van der Waals surface area contributed by atoms with Gasteiger partial charge in [-0.25, -0.2) is 14.4 Å². The lowest BCUT2D eigenvalue weighted by atomic mass is 10.1. The van der Waals surface area contributed by atoms with Crippen LogP contribution >= 0.6 is 11.6 Å². The minimum absolute atomic E-state index is 0.156. The van der Waals surface area contributed by atoms with Crippen LogP contribution in [-0.4, -0.2) is 45.6 Å². The maximum absolute atomic E-state index is 14.6. The van der Waals surface area contributed by atoms with Crippen molar-refractivity contribution in [1.82, 2.24) is 15.3 Å². The second-order valence-electron chi connectivity index (χ2n) is 9.91. The van der Waals surface area contributed by atoms with Gasteiger partial charge in [-0.2, -0.15) is 0 Å². The van der Waals surface area contributed by atoms with E-state index in [9.17, 15) is 19.1 Å². The SMILES string of the molecule is O=C(Nc1ccc2c(N3CCC3)nc(-c3ccccc3F)nc2c1)c1cc(CNC(=O)C2(O)CC2)ccc1Cl. The van der Waals surface area contributed by atoms with Gasteiger partial charge in [0.2, 0.25) is 0 Å². The lowest BCUT2D eigenvalue weighted by Crippen LogP contribution is -2.37. The van der Waals surface area contributed by atoms with Crippen molar-refractivity contribution in [3.05, 3.63) is 82.6 Å². The molecule has 0 bridgehead atoms. The van der Waals surface area contributed by atoms with Gasteiger partial charge < -0.3 is 20.6 Å². The molecule has 1 saturated carbocycles. The number of aromatic nitrogens is 2. The van der Waals surface area contributed by atoms with E-state index in [0.717, 1.165) is 30.7 Å². The maximum Gasteiger partial charge on any atom is 0.257 e. The first-order chi connectivity index (χ1) is 18.8. The standard InChI is InChI=1S/C29H25ClFN5O3/c30-22-9-6-17(16-32-28(38)29(39)10-11-29)14-21(22)27(37)33-18-7-8-20-24(15-18)34-25(19-4-1-2-5-23(19)31)35-26(20)36-12-3-13-36/h1-2,4-9,14-15,39H,3,10-13,16H2,(H,32,38)(H,33,37). The van der Waals surface area contributed by atoms with Crippen LogP contribution in [0.25, 0.3) is 22.3 Å². The third kappa shape index (κ3) is 5.03. The Morgan fingerprint density at radius 2 is 1.85 bits per heavy atom. The molecule has 10 heteroatoms. The first-order valence-corrected chi connectivity index (χ1v) is 13.1. The summed E-state index contributed by atoms with van der Waals surface area (Å²) < 4.78 is 14.6. The van der Waals surface area contributed by atoms with Gasteiger partial charge in [0, 0.05) is 30.7 Å². The summed E-state index contributed by atoms with van der Waals surface area (Å²) >= 11 is 6.33. The van der Waals surface area contributed by atoms with Crippen molar-refractivity contribution in [3.63, 3.8) is 0 Å². The molecule has 198 valence electrons. The Morgan fingerprint density at radius 3 is 2.56 bits per heavy atom. The molecule has 1 aliphatic heterocycles. The van der Waals surface area contributed by atoms with Crippen LogP contribution in [0.1, 0.15) is 35.2 Å². The minimum Gasteiger partial charge on any atom is -0.380 e. The number of hydrogen-bond acceptors (Lipinski definition) is 6. The van der Waals surface area contributed by atoms with Gasteiger partial charge in [0.1, 0.15) is 17.2 Å². The Hall–Kier alpha value is -4.08. The molecule has 0 radical (unpaired) electrons. The van der Waals surface area contributed by atoms with Gasteiger partial charge in [0.15, 0.2) is 5.82 Å². The number of halogens is 2. The predicted octanol–water partition coefficient (Wildman–Crippen LogP) is 4.69. The van der Waals surface area contributed by atoms with Crippen LogP contribution in [0.2, 0.25) is 5.02 Å². The zero-order valence-corrected chi connectivity index (χ0v) is 21.6. The van der Waals surface area contributed by atoms with E-state index in [1.165, 1.54) is 6.07 Å². The molecule has 1 aliphatic carbocycles.